The van der Waals surface area contributed by atoms with Gasteiger partial charge in [0.2, 0.25) is 5.91 Å². The van der Waals surface area contributed by atoms with Crippen LogP contribution in [0.4, 0.5) is 0 Å². The predicted molar refractivity (Wildman–Crippen MR) is 71.8 cm³/mol. The van der Waals surface area contributed by atoms with Crippen molar-refractivity contribution in [3.8, 4) is 0 Å². The van der Waals surface area contributed by atoms with Gasteiger partial charge in [-0.2, -0.15) is 11.8 Å². The van der Waals surface area contributed by atoms with E-state index in [0.29, 0.717) is 6.42 Å². The molecule has 1 aromatic carbocycles. The van der Waals surface area contributed by atoms with E-state index in [-0.39, 0.29) is 11.9 Å². The summed E-state index contributed by atoms with van der Waals surface area (Å²) in [5, 5.41) is 0. The first-order valence-corrected chi connectivity index (χ1v) is 7.06. The Morgan fingerprint density at radius 1 is 1.35 bits per heavy atom. The molecule has 4 heteroatoms. The molecular weight excluding hydrogens is 232 g/mol. The standard InChI is InChI=1S/C13H18N2OS/c14-12-8-13(16)15(9-12)6-7-17-10-11-4-2-1-3-5-11/h1-5,12H,6-10,14H2. The molecule has 3 nitrogen and oxygen atoms in total. The lowest BCUT2D eigenvalue weighted by molar-refractivity contribution is -0.127. The molecule has 0 bridgehead atoms. The quantitative estimate of drug-likeness (QED) is 0.805. The van der Waals surface area contributed by atoms with Crippen LogP contribution >= 0.6 is 11.8 Å². The summed E-state index contributed by atoms with van der Waals surface area (Å²) in [5.41, 5.74) is 7.08. The summed E-state index contributed by atoms with van der Waals surface area (Å²) in [5.74, 6) is 2.19. The van der Waals surface area contributed by atoms with Crippen molar-refractivity contribution in [2.24, 2.45) is 5.73 Å². The van der Waals surface area contributed by atoms with Crippen molar-refractivity contribution in [1.82, 2.24) is 4.90 Å². The van der Waals surface area contributed by atoms with E-state index >= 15 is 0 Å². The fraction of sp³-hybridized carbons (Fsp3) is 0.462. The topological polar surface area (TPSA) is 46.3 Å². The Morgan fingerprint density at radius 3 is 2.76 bits per heavy atom. The summed E-state index contributed by atoms with van der Waals surface area (Å²) in [7, 11) is 0. The van der Waals surface area contributed by atoms with Crippen molar-refractivity contribution in [2.75, 3.05) is 18.8 Å². The molecule has 0 aromatic heterocycles. The molecule has 92 valence electrons. The fourth-order valence-corrected chi connectivity index (χ4v) is 2.88. The Balaban J connectivity index is 1.65. The lowest BCUT2D eigenvalue weighted by Gasteiger charge is -2.15. The molecule has 2 N–H and O–H groups in total. The van der Waals surface area contributed by atoms with Crippen molar-refractivity contribution < 1.29 is 4.79 Å². The number of hydrogen-bond donors (Lipinski definition) is 1. The summed E-state index contributed by atoms with van der Waals surface area (Å²) in [6.07, 6.45) is 0.517. The van der Waals surface area contributed by atoms with Crippen molar-refractivity contribution in [3.05, 3.63) is 35.9 Å². The highest BCUT2D eigenvalue weighted by Crippen LogP contribution is 2.14. The Hall–Kier alpha value is -1.00. The van der Waals surface area contributed by atoms with E-state index in [0.717, 1.165) is 24.6 Å². The number of nitrogens with two attached hydrogens (primary N) is 1. The molecule has 1 fully saturated rings. The Labute approximate surface area is 106 Å². The second kappa shape index (κ2) is 6.07. The molecule has 0 spiro atoms. The largest absolute Gasteiger partial charge is 0.340 e. The van der Waals surface area contributed by atoms with E-state index in [2.05, 4.69) is 24.3 Å². The predicted octanol–water partition coefficient (Wildman–Crippen LogP) is 1.48. The third-order valence-electron chi connectivity index (χ3n) is 2.86. The van der Waals surface area contributed by atoms with Crippen LogP contribution in [0.3, 0.4) is 0 Å². The van der Waals surface area contributed by atoms with Crippen LogP contribution in [0, 0.1) is 0 Å². The Morgan fingerprint density at radius 2 is 2.12 bits per heavy atom. The molecule has 1 aromatic rings. The lowest BCUT2D eigenvalue weighted by atomic mass is 10.2. The average molecular weight is 250 g/mol. The molecule has 1 aliphatic heterocycles. The van der Waals surface area contributed by atoms with E-state index in [9.17, 15) is 4.79 Å². The number of nitrogens with zero attached hydrogens (tertiary/aromatic N) is 1. The summed E-state index contributed by atoms with van der Waals surface area (Å²) < 4.78 is 0. The zero-order valence-electron chi connectivity index (χ0n) is 9.84. The van der Waals surface area contributed by atoms with E-state index in [1.807, 2.05) is 22.7 Å². The van der Waals surface area contributed by atoms with Crippen LogP contribution < -0.4 is 5.73 Å². The SMILES string of the molecule is NC1CC(=O)N(CCSCc2ccccc2)C1. The first kappa shape index (κ1) is 12.5. The minimum absolute atomic E-state index is 0.0432. The van der Waals surface area contributed by atoms with E-state index < -0.39 is 0 Å². The minimum Gasteiger partial charge on any atom is -0.340 e. The maximum absolute atomic E-state index is 11.5. The highest BCUT2D eigenvalue weighted by molar-refractivity contribution is 7.98. The van der Waals surface area contributed by atoms with Crippen molar-refractivity contribution in [1.29, 1.82) is 0 Å². The highest BCUT2D eigenvalue weighted by atomic mass is 32.2. The first-order valence-electron chi connectivity index (χ1n) is 5.91. The average Bonchev–Trinajstić information content (AvgIpc) is 2.65. The molecule has 1 atom stereocenters. The number of benzene rings is 1. The second-order valence-corrected chi connectivity index (χ2v) is 5.45. The van der Waals surface area contributed by atoms with Gasteiger partial charge < -0.3 is 10.6 Å². The van der Waals surface area contributed by atoms with Crippen molar-refractivity contribution in [3.63, 3.8) is 0 Å². The summed E-state index contributed by atoms with van der Waals surface area (Å²) >= 11 is 1.86. The summed E-state index contributed by atoms with van der Waals surface area (Å²) in [6.45, 7) is 1.55. The van der Waals surface area contributed by atoms with Crippen LogP contribution in [-0.2, 0) is 10.5 Å². The Bertz CT molecular complexity index is 369. The van der Waals surface area contributed by atoms with E-state index in [1.165, 1.54) is 5.56 Å². The fourth-order valence-electron chi connectivity index (χ4n) is 1.96. The number of likely N-dealkylation sites (tertiary alicyclic amines) is 1. The highest BCUT2D eigenvalue weighted by Gasteiger charge is 2.25. The van der Waals surface area contributed by atoms with Crippen LogP contribution in [0.5, 0.6) is 0 Å². The van der Waals surface area contributed by atoms with Crippen LogP contribution in [0.1, 0.15) is 12.0 Å². The molecule has 1 aliphatic rings. The molecule has 1 heterocycles. The molecule has 0 radical (unpaired) electrons. The number of carbonyl (C=O) groups excluding carboxylic acids is 1. The second-order valence-electron chi connectivity index (χ2n) is 4.34. The number of amides is 1. The van der Waals surface area contributed by atoms with Gasteiger partial charge >= 0.3 is 0 Å². The molecule has 2 rings (SSSR count). The van der Waals surface area contributed by atoms with Crippen LogP contribution in [-0.4, -0.2) is 35.7 Å². The summed E-state index contributed by atoms with van der Waals surface area (Å²) in [6, 6.07) is 10.4. The maximum atomic E-state index is 11.5. The molecular formula is C13H18N2OS. The van der Waals surface area contributed by atoms with Gasteiger partial charge in [-0.3, -0.25) is 4.79 Å². The van der Waals surface area contributed by atoms with Gasteiger partial charge in [0.1, 0.15) is 0 Å². The third kappa shape index (κ3) is 3.75. The normalized spacial score (nSPS) is 19.9. The van der Waals surface area contributed by atoms with Crippen molar-refractivity contribution in [2.45, 2.75) is 18.2 Å². The van der Waals surface area contributed by atoms with Gasteiger partial charge in [0.05, 0.1) is 0 Å². The third-order valence-corrected chi connectivity index (χ3v) is 3.87. The summed E-state index contributed by atoms with van der Waals surface area (Å²) in [4.78, 5) is 13.4. The van der Waals surface area contributed by atoms with Gasteiger partial charge in [-0.05, 0) is 5.56 Å². The van der Waals surface area contributed by atoms with E-state index in [1.54, 1.807) is 0 Å². The smallest absolute Gasteiger partial charge is 0.224 e. The van der Waals surface area contributed by atoms with Crippen LogP contribution in [0.2, 0.25) is 0 Å². The zero-order chi connectivity index (χ0) is 12.1. The number of carbonyl (C=O) groups is 1. The zero-order valence-corrected chi connectivity index (χ0v) is 10.7. The molecule has 1 saturated heterocycles. The molecule has 0 saturated carbocycles. The van der Waals surface area contributed by atoms with Gasteiger partial charge in [-0.15, -0.1) is 0 Å². The van der Waals surface area contributed by atoms with Crippen LogP contribution in [0.15, 0.2) is 30.3 Å². The number of hydrogen-bond acceptors (Lipinski definition) is 3. The maximum Gasteiger partial charge on any atom is 0.224 e. The molecule has 1 amide bonds. The van der Waals surface area contributed by atoms with Gasteiger partial charge in [0.25, 0.3) is 0 Å². The lowest BCUT2D eigenvalue weighted by Crippen LogP contribution is -2.30. The molecule has 0 aliphatic carbocycles. The first-order chi connectivity index (χ1) is 8.25. The van der Waals surface area contributed by atoms with Crippen LogP contribution in [0.25, 0.3) is 0 Å². The van der Waals surface area contributed by atoms with Gasteiger partial charge in [0, 0.05) is 37.1 Å². The number of rotatable bonds is 5. The minimum atomic E-state index is 0.0432. The van der Waals surface area contributed by atoms with Gasteiger partial charge in [-0.25, -0.2) is 0 Å². The van der Waals surface area contributed by atoms with Crippen molar-refractivity contribution >= 4 is 17.7 Å². The number of thioether (sulfide) groups is 1. The van der Waals surface area contributed by atoms with Gasteiger partial charge in [-0.1, -0.05) is 30.3 Å². The monoisotopic (exact) mass is 250 g/mol. The Kier molecular flexibility index (Phi) is 4.45. The molecule has 17 heavy (non-hydrogen) atoms. The van der Waals surface area contributed by atoms with Gasteiger partial charge in [0.15, 0.2) is 0 Å². The van der Waals surface area contributed by atoms with E-state index in [4.69, 9.17) is 5.73 Å². The molecule has 1 unspecified atom stereocenters.